The Bertz CT molecular complexity index is 702. The summed E-state index contributed by atoms with van der Waals surface area (Å²) in [7, 11) is 1.46. The Morgan fingerprint density at radius 3 is 2.78 bits per heavy atom. The molecule has 18 heavy (non-hydrogen) atoms. The lowest BCUT2D eigenvalue weighted by Crippen LogP contribution is -2.30. The Labute approximate surface area is 111 Å². The molecule has 7 nitrogen and oxygen atoms in total. The fourth-order valence-corrected chi connectivity index (χ4v) is 1.97. The lowest BCUT2D eigenvalue weighted by Gasteiger charge is -2.09. The predicted octanol–water partition coefficient (Wildman–Crippen LogP) is -0.324. The van der Waals surface area contributed by atoms with E-state index in [1.54, 1.807) is 0 Å². The number of halogens is 2. The first-order valence-corrected chi connectivity index (χ1v) is 5.96. The van der Waals surface area contributed by atoms with Gasteiger partial charge in [-0.2, -0.15) is 4.98 Å². The van der Waals surface area contributed by atoms with Gasteiger partial charge in [0.2, 0.25) is 5.28 Å². The molecule has 2 aromatic heterocycles. The summed E-state index contributed by atoms with van der Waals surface area (Å²) in [6.07, 6.45) is -0.863. The third-order valence-corrected chi connectivity index (χ3v) is 3.18. The van der Waals surface area contributed by atoms with Crippen LogP contribution in [0.15, 0.2) is 9.59 Å². The Morgan fingerprint density at radius 2 is 2.17 bits per heavy atom. The Hall–Kier alpha value is -1.31. The van der Waals surface area contributed by atoms with Crippen LogP contribution in [0.5, 0.6) is 0 Å². The highest BCUT2D eigenvalue weighted by Gasteiger charge is 2.17. The molecule has 1 atom stereocenters. The van der Waals surface area contributed by atoms with Gasteiger partial charge in [0, 0.05) is 7.05 Å². The van der Waals surface area contributed by atoms with Crippen molar-refractivity contribution < 1.29 is 5.11 Å². The molecule has 2 N–H and O–H groups in total. The number of hydrogen-bond acceptors (Lipinski definition) is 4. The highest BCUT2D eigenvalue weighted by atomic mass is 35.5. The summed E-state index contributed by atoms with van der Waals surface area (Å²) in [6.45, 7) is 0.0279. The van der Waals surface area contributed by atoms with Gasteiger partial charge >= 0.3 is 5.69 Å². The third kappa shape index (κ3) is 2.05. The number of rotatable bonds is 3. The van der Waals surface area contributed by atoms with Crippen LogP contribution in [0.4, 0.5) is 0 Å². The number of aryl methyl sites for hydroxylation is 1. The Morgan fingerprint density at radius 1 is 1.50 bits per heavy atom. The van der Waals surface area contributed by atoms with E-state index in [1.807, 2.05) is 0 Å². The molecule has 0 radical (unpaired) electrons. The largest absolute Gasteiger partial charge is 0.390 e. The normalized spacial score (nSPS) is 13.1. The number of H-pyrrole nitrogens is 1. The molecule has 0 fully saturated rings. The van der Waals surface area contributed by atoms with Crippen LogP contribution in [0.2, 0.25) is 5.28 Å². The van der Waals surface area contributed by atoms with Crippen LogP contribution in [0.25, 0.3) is 11.2 Å². The number of hydrogen-bond donors (Lipinski definition) is 2. The number of fused-ring (bicyclic) bond motifs is 1. The molecule has 0 aromatic carbocycles. The molecule has 0 saturated heterocycles. The SMILES string of the molecule is Cn1c(=O)[nH]c(=O)c2c1nc(Cl)n2CC(O)CCl. The molecule has 2 aromatic rings. The zero-order chi connectivity index (χ0) is 13.4. The molecule has 0 aliphatic rings. The van der Waals surface area contributed by atoms with E-state index in [0.717, 1.165) is 0 Å². The summed E-state index contributed by atoms with van der Waals surface area (Å²) in [4.78, 5) is 29.2. The minimum atomic E-state index is -0.863. The third-order valence-electron chi connectivity index (χ3n) is 2.53. The number of aliphatic hydroxyl groups excluding tert-OH is 1. The average molecular weight is 293 g/mol. The molecule has 0 amide bonds. The predicted molar refractivity (Wildman–Crippen MR) is 67.3 cm³/mol. The van der Waals surface area contributed by atoms with Crippen molar-refractivity contribution in [3.05, 3.63) is 26.1 Å². The maximum atomic E-state index is 11.8. The number of aromatic amines is 1. The first-order valence-electron chi connectivity index (χ1n) is 5.04. The maximum Gasteiger partial charge on any atom is 0.329 e. The van der Waals surface area contributed by atoms with Gasteiger partial charge in [-0.1, -0.05) is 0 Å². The van der Waals surface area contributed by atoms with Crippen LogP contribution in [0.3, 0.4) is 0 Å². The molecule has 98 valence electrons. The second-order valence-electron chi connectivity index (χ2n) is 3.79. The van der Waals surface area contributed by atoms with Crippen LogP contribution in [-0.4, -0.2) is 36.2 Å². The van der Waals surface area contributed by atoms with E-state index < -0.39 is 17.4 Å². The van der Waals surface area contributed by atoms with E-state index in [9.17, 15) is 14.7 Å². The van der Waals surface area contributed by atoms with Crippen molar-refractivity contribution in [3.8, 4) is 0 Å². The topological polar surface area (TPSA) is 92.9 Å². The molecule has 2 heterocycles. The van der Waals surface area contributed by atoms with E-state index in [4.69, 9.17) is 23.2 Å². The van der Waals surface area contributed by atoms with Crippen LogP contribution in [0, 0.1) is 0 Å². The number of nitrogens with one attached hydrogen (secondary N) is 1. The molecular formula is C9H10Cl2N4O3. The van der Waals surface area contributed by atoms with E-state index >= 15 is 0 Å². The summed E-state index contributed by atoms with van der Waals surface area (Å²) >= 11 is 11.4. The summed E-state index contributed by atoms with van der Waals surface area (Å²) in [5, 5.41) is 9.52. The second kappa shape index (κ2) is 4.75. The highest BCUT2D eigenvalue weighted by Crippen LogP contribution is 2.15. The summed E-state index contributed by atoms with van der Waals surface area (Å²) in [5.41, 5.74) is -0.886. The molecule has 0 bridgehead atoms. The number of aliphatic hydroxyl groups is 1. The van der Waals surface area contributed by atoms with Crippen molar-refractivity contribution >= 4 is 34.4 Å². The molecule has 1 unspecified atom stereocenters. The highest BCUT2D eigenvalue weighted by molar-refractivity contribution is 6.29. The van der Waals surface area contributed by atoms with Gasteiger partial charge in [0.05, 0.1) is 18.5 Å². The van der Waals surface area contributed by atoms with Gasteiger partial charge in [-0.05, 0) is 11.6 Å². The number of aromatic nitrogens is 4. The van der Waals surface area contributed by atoms with Crippen molar-refractivity contribution in [2.45, 2.75) is 12.6 Å². The monoisotopic (exact) mass is 292 g/mol. The molecule has 0 saturated carbocycles. The van der Waals surface area contributed by atoms with Crippen molar-refractivity contribution in [3.63, 3.8) is 0 Å². The molecule has 0 aliphatic carbocycles. The van der Waals surface area contributed by atoms with Crippen LogP contribution < -0.4 is 11.2 Å². The lowest BCUT2D eigenvalue weighted by molar-refractivity contribution is 0.178. The zero-order valence-electron chi connectivity index (χ0n) is 9.35. The van der Waals surface area contributed by atoms with E-state index in [0.29, 0.717) is 0 Å². The van der Waals surface area contributed by atoms with Gasteiger partial charge in [-0.15, -0.1) is 11.6 Å². The lowest BCUT2D eigenvalue weighted by atomic mass is 10.4. The van der Waals surface area contributed by atoms with Crippen LogP contribution >= 0.6 is 23.2 Å². The number of nitrogens with zero attached hydrogens (tertiary/aromatic N) is 3. The van der Waals surface area contributed by atoms with Crippen molar-refractivity contribution in [2.24, 2.45) is 7.05 Å². The van der Waals surface area contributed by atoms with Gasteiger partial charge in [-0.25, -0.2) is 4.79 Å². The fourth-order valence-electron chi connectivity index (χ4n) is 1.63. The van der Waals surface area contributed by atoms with Crippen LogP contribution in [0.1, 0.15) is 0 Å². The first-order chi connectivity index (χ1) is 8.45. The quantitative estimate of drug-likeness (QED) is 0.599. The van der Waals surface area contributed by atoms with Gasteiger partial charge in [0.15, 0.2) is 11.2 Å². The standard InChI is InChI=1S/C9H10Cl2N4O3/c1-14-6-5(7(17)13-9(14)18)15(8(11)12-6)3-4(16)2-10/h4,16H,2-3H2,1H3,(H,13,17,18). The van der Waals surface area contributed by atoms with E-state index in [2.05, 4.69) is 9.97 Å². The number of alkyl halides is 1. The molecule has 0 aliphatic heterocycles. The Kier molecular flexibility index (Phi) is 3.47. The smallest absolute Gasteiger partial charge is 0.329 e. The van der Waals surface area contributed by atoms with Crippen molar-refractivity contribution in [2.75, 3.05) is 5.88 Å². The van der Waals surface area contributed by atoms with E-state index in [1.165, 1.54) is 16.2 Å². The molecule has 9 heteroatoms. The molecular weight excluding hydrogens is 283 g/mol. The van der Waals surface area contributed by atoms with Gasteiger partial charge < -0.3 is 9.67 Å². The van der Waals surface area contributed by atoms with Crippen molar-refractivity contribution in [1.82, 2.24) is 19.1 Å². The average Bonchev–Trinajstić information content (AvgIpc) is 2.64. The maximum absolute atomic E-state index is 11.8. The fraction of sp³-hybridized carbons (Fsp3) is 0.444. The minimum Gasteiger partial charge on any atom is -0.390 e. The first kappa shape index (κ1) is 13.1. The van der Waals surface area contributed by atoms with Crippen molar-refractivity contribution in [1.29, 1.82) is 0 Å². The minimum absolute atomic E-state index is 0.000326. The van der Waals surface area contributed by atoms with E-state index in [-0.39, 0.29) is 28.9 Å². The van der Waals surface area contributed by atoms with Gasteiger partial charge in [0.25, 0.3) is 5.56 Å². The molecule has 0 spiro atoms. The second-order valence-corrected chi connectivity index (χ2v) is 4.44. The Balaban J connectivity index is 2.75. The summed E-state index contributed by atoms with van der Waals surface area (Å²) < 4.78 is 2.49. The number of imidazole rings is 1. The van der Waals surface area contributed by atoms with Crippen LogP contribution in [-0.2, 0) is 13.6 Å². The van der Waals surface area contributed by atoms with Gasteiger partial charge in [0.1, 0.15) is 0 Å². The summed E-state index contributed by atoms with van der Waals surface area (Å²) in [6, 6.07) is 0. The van der Waals surface area contributed by atoms with Gasteiger partial charge in [-0.3, -0.25) is 14.3 Å². The molecule has 2 rings (SSSR count). The summed E-state index contributed by atoms with van der Waals surface area (Å²) in [5.74, 6) is -0.000326. The zero-order valence-corrected chi connectivity index (χ0v) is 10.9.